The Labute approximate surface area is 155 Å². The van der Waals surface area contributed by atoms with Gasteiger partial charge in [-0.15, -0.1) is 5.10 Å². The molecule has 8 nitrogen and oxygen atoms in total. The number of pyridine rings is 1. The fraction of sp³-hybridized carbons (Fsp3) is 0.353. The van der Waals surface area contributed by atoms with Crippen LogP contribution in [0, 0.1) is 0 Å². The first-order valence-corrected chi connectivity index (χ1v) is 8.86. The summed E-state index contributed by atoms with van der Waals surface area (Å²) in [6.45, 7) is 3.86. The maximum Gasteiger partial charge on any atom is 0.253 e. The van der Waals surface area contributed by atoms with E-state index in [1.807, 2.05) is 6.92 Å². The summed E-state index contributed by atoms with van der Waals surface area (Å²) in [5.41, 5.74) is 1.08. The Kier molecular flexibility index (Phi) is 4.42. The summed E-state index contributed by atoms with van der Waals surface area (Å²) in [4.78, 5) is 23.3. The van der Waals surface area contributed by atoms with Gasteiger partial charge in [0.05, 0.1) is 18.6 Å². The molecule has 9 heteroatoms. The summed E-state index contributed by atoms with van der Waals surface area (Å²) < 4.78 is 3.16. The highest BCUT2D eigenvalue weighted by Gasteiger charge is 2.17. The number of hydrogen-bond acceptors (Lipinski definition) is 6. The molecule has 1 unspecified atom stereocenters. The Hall–Kier alpha value is -2.74. The molecule has 0 spiro atoms. The van der Waals surface area contributed by atoms with E-state index < -0.39 is 0 Å². The van der Waals surface area contributed by atoms with E-state index in [1.165, 1.54) is 23.5 Å². The van der Waals surface area contributed by atoms with Gasteiger partial charge in [0.15, 0.2) is 0 Å². The highest BCUT2D eigenvalue weighted by Crippen LogP contribution is 2.21. The lowest BCUT2D eigenvalue weighted by molar-refractivity contribution is 0.405. The third kappa shape index (κ3) is 3.20. The number of aromatic nitrogens is 6. The minimum absolute atomic E-state index is 0.196. The molecule has 1 saturated heterocycles. The summed E-state index contributed by atoms with van der Waals surface area (Å²) in [6, 6.07) is 3.04. The summed E-state index contributed by atoms with van der Waals surface area (Å²) in [5, 5.41) is 8.76. The van der Waals surface area contributed by atoms with Crippen LogP contribution in [-0.2, 0) is 0 Å². The van der Waals surface area contributed by atoms with E-state index >= 15 is 0 Å². The summed E-state index contributed by atoms with van der Waals surface area (Å²) in [5.74, 6) is 0.858. The van der Waals surface area contributed by atoms with Crippen molar-refractivity contribution in [3.8, 4) is 11.4 Å². The molecule has 4 rings (SSSR count). The van der Waals surface area contributed by atoms with Gasteiger partial charge in [0.25, 0.3) is 5.56 Å². The molecule has 134 valence electrons. The lowest BCUT2D eigenvalue weighted by atomic mass is 10.3. The Morgan fingerprint density at radius 1 is 1.19 bits per heavy atom. The van der Waals surface area contributed by atoms with Gasteiger partial charge in [0.1, 0.15) is 23.4 Å². The predicted octanol–water partition coefficient (Wildman–Crippen LogP) is 2.22. The Balaban J connectivity index is 1.61. The molecule has 3 aromatic rings. The van der Waals surface area contributed by atoms with Crippen molar-refractivity contribution in [3.63, 3.8) is 0 Å². The fourth-order valence-electron chi connectivity index (χ4n) is 3.06. The molecule has 26 heavy (non-hydrogen) atoms. The molecule has 0 saturated carbocycles. The van der Waals surface area contributed by atoms with Crippen molar-refractivity contribution in [1.29, 1.82) is 0 Å². The molecule has 0 radical (unpaired) electrons. The van der Waals surface area contributed by atoms with Crippen molar-refractivity contribution in [2.45, 2.75) is 25.9 Å². The van der Waals surface area contributed by atoms with Crippen LogP contribution in [0.2, 0.25) is 5.02 Å². The standard InChI is InChI=1S/C17H18ClN7O/c1-12(24-7-4-13(18)8-17(24)26)25-11-15(21-22-25)14-9-19-10-16(20-14)23-5-2-3-6-23/h4,7-12H,2-3,5-6H2,1H3. The molecular formula is C17H18ClN7O. The van der Waals surface area contributed by atoms with E-state index in [-0.39, 0.29) is 11.7 Å². The van der Waals surface area contributed by atoms with E-state index in [1.54, 1.807) is 35.5 Å². The number of hydrogen-bond donors (Lipinski definition) is 0. The molecule has 0 N–H and O–H groups in total. The number of nitrogens with zero attached hydrogens (tertiary/aromatic N) is 7. The van der Waals surface area contributed by atoms with Crippen LogP contribution in [0.15, 0.2) is 41.7 Å². The van der Waals surface area contributed by atoms with Crippen LogP contribution in [0.3, 0.4) is 0 Å². The van der Waals surface area contributed by atoms with Gasteiger partial charge in [-0.25, -0.2) is 9.67 Å². The Morgan fingerprint density at radius 3 is 2.77 bits per heavy atom. The SMILES string of the molecule is CC(n1cc(-c2cncc(N3CCCC3)n2)nn1)n1ccc(Cl)cc1=O. The predicted molar refractivity (Wildman–Crippen MR) is 98.3 cm³/mol. The van der Waals surface area contributed by atoms with Gasteiger partial charge in [-0.2, -0.15) is 0 Å². The highest BCUT2D eigenvalue weighted by atomic mass is 35.5. The van der Waals surface area contributed by atoms with Crippen LogP contribution >= 0.6 is 11.6 Å². The molecule has 0 amide bonds. The lowest BCUT2D eigenvalue weighted by Crippen LogP contribution is -2.26. The van der Waals surface area contributed by atoms with E-state index in [2.05, 4.69) is 25.2 Å². The van der Waals surface area contributed by atoms with Crippen LogP contribution in [0.4, 0.5) is 5.82 Å². The van der Waals surface area contributed by atoms with Gasteiger partial charge in [-0.3, -0.25) is 14.3 Å². The quantitative estimate of drug-likeness (QED) is 0.699. The first kappa shape index (κ1) is 16.7. The zero-order chi connectivity index (χ0) is 18.1. The average molecular weight is 372 g/mol. The van der Waals surface area contributed by atoms with E-state index in [0.717, 1.165) is 18.9 Å². The molecule has 1 aliphatic heterocycles. The van der Waals surface area contributed by atoms with Crippen molar-refractivity contribution in [2.75, 3.05) is 18.0 Å². The molecule has 0 aromatic carbocycles. The molecule has 0 aliphatic carbocycles. The van der Waals surface area contributed by atoms with Crippen LogP contribution in [0.25, 0.3) is 11.4 Å². The van der Waals surface area contributed by atoms with Crippen molar-refractivity contribution in [3.05, 3.63) is 52.3 Å². The van der Waals surface area contributed by atoms with Crippen molar-refractivity contribution in [2.24, 2.45) is 0 Å². The third-order valence-corrected chi connectivity index (χ3v) is 4.76. The third-order valence-electron chi connectivity index (χ3n) is 4.52. The maximum absolute atomic E-state index is 12.1. The van der Waals surface area contributed by atoms with E-state index in [9.17, 15) is 4.79 Å². The normalized spacial score (nSPS) is 15.4. The lowest BCUT2D eigenvalue weighted by Gasteiger charge is -2.16. The zero-order valence-electron chi connectivity index (χ0n) is 14.3. The molecule has 1 atom stereocenters. The van der Waals surface area contributed by atoms with Crippen LogP contribution < -0.4 is 10.5 Å². The summed E-state index contributed by atoms with van der Waals surface area (Å²) >= 11 is 5.85. The van der Waals surface area contributed by atoms with E-state index in [4.69, 9.17) is 11.6 Å². The highest BCUT2D eigenvalue weighted by molar-refractivity contribution is 6.30. The molecule has 0 bridgehead atoms. The number of anilines is 1. The molecule has 1 fully saturated rings. The van der Waals surface area contributed by atoms with Gasteiger partial charge >= 0.3 is 0 Å². The molecular weight excluding hydrogens is 354 g/mol. The maximum atomic E-state index is 12.1. The fourth-order valence-corrected chi connectivity index (χ4v) is 3.21. The summed E-state index contributed by atoms with van der Waals surface area (Å²) in [7, 11) is 0. The second-order valence-corrected chi connectivity index (χ2v) is 6.70. The van der Waals surface area contributed by atoms with Crippen molar-refractivity contribution < 1.29 is 0 Å². The summed E-state index contributed by atoms with van der Waals surface area (Å²) in [6.07, 6.45) is 8.87. The van der Waals surface area contributed by atoms with Gasteiger partial charge in [0, 0.05) is 30.4 Å². The van der Waals surface area contributed by atoms with Gasteiger partial charge < -0.3 is 4.90 Å². The average Bonchev–Trinajstić information content (AvgIpc) is 3.33. The van der Waals surface area contributed by atoms with Crippen LogP contribution in [-0.4, -0.2) is 42.6 Å². The van der Waals surface area contributed by atoms with Crippen LogP contribution in [0.1, 0.15) is 25.9 Å². The Morgan fingerprint density at radius 2 is 2.00 bits per heavy atom. The molecule has 4 heterocycles. The molecule has 1 aliphatic rings. The largest absolute Gasteiger partial charge is 0.355 e. The second-order valence-electron chi connectivity index (χ2n) is 6.26. The number of halogens is 1. The minimum Gasteiger partial charge on any atom is -0.355 e. The van der Waals surface area contributed by atoms with Gasteiger partial charge in [-0.05, 0) is 25.8 Å². The van der Waals surface area contributed by atoms with Gasteiger partial charge in [0.2, 0.25) is 0 Å². The Bertz CT molecular complexity index is 977. The monoisotopic (exact) mass is 371 g/mol. The van der Waals surface area contributed by atoms with Gasteiger partial charge in [-0.1, -0.05) is 16.8 Å². The smallest absolute Gasteiger partial charge is 0.253 e. The van der Waals surface area contributed by atoms with Crippen molar-refractivity contribution >= 4 is 17.4 Å². The topological polar surface area (TPSA) is 81.7 Å². The second kappa shape index (κ2) is 6.87. The molecule has 3 aromatic heterocycles. The first-order chi connectivity index (χ1) is 12.6. The minimum atomic E-state index is -0.337. The number of rotatable bonds is 4. The van der Waals surface area contributed by atoms with E-state index in [0.29, 0.717) is 16.4 Å². The zero-order valence-corrected chi connectivity index (χ0v) is 15.0. The van der Waals surface area contributed by atoms with Crippen LogP contribution in [0.5, 0.6) is 0 Å². The first-order valence-electron chi connectivity index (χ1n) is 8.49. The van der Waals surface area contributed by atoms with Crippen molar-refractivity contribution in [1.82, 2.24) is 29.5 Å².